The van der Waals surface area contributed by atoms with Crippen LogP contribution in [-0.2, 0) is 14.9 Å². The van der Waals surface area contributed by atoms with Gasteiger partial charge in [-0.3, -0.25) is 14.9 Å². The predicted octanol–water partition coefficient (Wildman–Crippen LogP) is 5.99. The molecule has 0 spiro atoms. The SMILES string of the molecule is COc1cc(/C=C(/C#N)C(=O)Nc2ccc(Cl)c(Cl)c2)cc(Br)c1OS(=O)(=O)c1ccc([N+](=O)[O-])cc1. The summed E-state index contributed by atoms with van der Waals surface area (Å²) in [5, 5.41) is 23.4. The van der Waals surface area contributed by atoms with Crippen LogP contribution in [0, 0.1) is 21.4 Å². The monoisotopic (exact) mass is 625 g/mol. The van der Waals surface area contributed by atoms with Crippen LogP contribution < -0.4 is 14.2 Å². The smallest absolute Gasteiger partial charge is 0.339 e. The number of hydrogen-bond donors (Lipinski definition) is 1. The molecule has 3 aromatic carbocycles. The van der Waals surface area contributed by atoms with Gasteiger partial charge in [-0.25, -0.2) is 0 Å². The van der Waals surface area contributed by atoms with Gasteiger partial charge in [0.2, 0.25) is 0 Å². The van der Waals surface area contributed by atoms with Gasteiger partial charge in [-0.05, 0) is 70.0 Å². The van der Waals surface area contributed by atoms with E-state index in [0.717, 1.165) is 24.3 Å². The van der Waals surface area contributed by atoms with E-state index in [9.17, 15) is 28.6 Å². The molecule has 0 heterocycles. The zero-order chi connectivity index (χ0) is 27.3. The average Bonchev–Trinajstić information content (AvgIpc) is 2.86. The molecule has 3 aromatic rings. The number of halogens is 3. The highest BCUT2D eigenvalue weighted by molar-refractivity contribution is 9.10. The lowest BCUT2D eigenvalue weighted by Gasteiger charge is -2.13. The first-order valence-corrected chi connectivity index (χ1v) is 12.9. The van der Waals surface area contributed by atoms with E-state index in [1.54, 1.807) is 6.07 Å². The van der Waals surface area contributed by atoms with E-state index in [4.69, 9.17) is 32.1 Å². The van der Waals surface area contributed by atoms with Gasteiger partial charge in [-0.2, -0.15) is 13.7 Å². The Bertz CT molecular complexity index is 1570. The molecule has 0 saturated heterocycles. The molecule has 0 atom stereocenters. The maximum absolute atomic E-state index is 12.7. The number of benzene rings is 3. The van der Waals surface area contributed by atoms with Crippen LogP contribution in [0.25, 0.3) is 6.08 Å². The first-order chi connectivity index (χ1) is 17.4. The van der Waals surface area contributed by atoms with Gasteiger partial charge in [-0.15, -0.1) is 0 Å². The molecule has 0 aliphatic carbocycles. The van der Waals surface area contributed by atoms with Gasteiger partial charge in [0.1, 0.15) is 16.5 Å². The van der Waals surface area contributed by atoms with Crippen LogP contribution >= 0.6 is 39.1 Å². The van der Waals surface area contributed by atoms with Crippen LogP contribution in [0.1, 0.15) is 5.56 Å². The Balaban J connectivity index is 1.90. The minimum Gasteiger partial charge on any atom is -0.493 e. The lowest BCUT2D eigenvalue weighted by molar-refractivity contribution is -0.384. The van der Waals surface area contributed by atoms with Crippen molar-refractivity contribution in [2.75, 3.05) is 12.4 Å². The van der Waals surface area contributed by atoms with Crippen molar-refractivity contribution in [1.29, 1.82) is 5.26 Å². The second kappa shape index (κ2) is 11.6. The number of nitro benzene ring substituents is 1. The van der Waals surface area contributed by atoms with Crippen molar-refractivity contribution in [1.82, 2.24) is 0 Å². The first-order valence-electron chi connectivity index (χ1n) is 9.90. The highest BCUT2D eigenvalue weighted by Crippen LogP contribution is 2.39. The standard InChI is InChI=1S/C23H14BrCl2N3O7S/c1-35-21-10-13(8-14(12-27)23(30)28-15-2-7-19(25)20(26)11-15)9-18(24)22(21)36-37(33,34)17-5-3-16(4-6-17)29(31)32/h2-11H,1H3,(H,28,30)/b14-8-. The van der Waals surface area contributed by atoms with Crippen molar-refractivity contribution in [3.05, 3.63) is 90.4 Å². The number of methoxy groups -OCH3 is 1. The largest absolute Gasteiger partial charge is 0.493 e. The topological polar surface area (TPSA) is 149 Å². The van der Waals surface area contributed by atoms with Crippen molar-refractivity contribution in [3.63, 3.8) is 0 Å². The number of amides is 1. The molecule has 190 valence electrons. The van der Waals surface area contributed by atoms with Gasteiger partial charge < -0.3 is 14.2 Å². The number of anilines is 1. The average molecular weight is 627 g/mol. The number of rotatable bonds is 8. The zero-order valence-electron chi connectivity index (χ0n) is 18.6. The number of nitro groups is 1. The van der Waals surface area contributed by atoms with Crippen LogP contribution in [0.4, 0.5) is 11.4 Å². The van der Waals surface area contributed by atoms with E-state index in [1.807, 2.05) is 0 Å². The van der Waals surface area contributed by atoms with Crippen LogP contribution in [-0.4, -0.2) is 26.4 Å². The third kappa shape index (κ3) is 6.78. The highest BCUT2D eigenvalue weighted by atomic mass is 79.9. The van der Waals surface area contributed by atoms with Gasteiger partial charge in [0.15, 0.2) is 11.5 Å². The van der Waals surface area contributed by atoms with Crippen molar-refractivity contribution in [2.24, 2.45) is 0 Å². The van der Waals surface area contributed by atoms with Crippen molar-refractivity contribution in [3.8, 4) is 17.6 Å². The summed E-state index contributed by atoms with van der Waals surface area (Å²) < 4.78 is 36.0. The summed E-state index contributed by atoms with van der Waals surface area (Å²) in [6.45, 7) is 0. The Morgan fingerprint density at radius 3 is 2.38 bits per heavy atom. The molecule has 1 N–H and O–H groups in total. The van der Waals surface area contributed by atoms with Crippen LogP contribution in [0.2, 0.25) is 10.0 Å². The van der Waals surface area contributed by atoms with E-state index in [-0.39, 0.29) is 37.2 Å². The summed E-state index contributed by atoms with van der Waals surface area (Å²) in [5.41, 5.74) is 0.0710. The summed E-state index contributed by atoms with van der Waals surface area (Å²) in [7, 11) is -3.12. The van der Waals surface area contributed by atoms with Gasteiger partial charge >= 0.3 is 10.1 Å². The molecule has 3 rings (SSSR count). The molecule has 37 heavy (non-hydrogen) atoms. The number of carbonyl (C=O) groups excluding carboxylic acids is 1. The second-order valence-electron chi connectivity index (χ2n) is 7.08. The number of carbonyl (C=O) groups is 1. The fourth-order valence-electron chi connectivity index (χ4n) is 2.88. The molecule has 0 fully saturated rings. The summed E-state index contributed by atoms with van der Waals surface area (Å²) in [4.78, 5) is 22.4. The third-order valence-corrected chi connectivity index (χ3v) is 7.20. The lowest BCUT2D eigenvalue weighted by Crippen LogP contribution is -2.13. The van der Waals surface area contributed by atoms with Crippen LogP contribution in [0.3, 0.4) is 0 Å². The van der Waals surface area contributed by atoms with Gasteiger partial charge in [0.05, 0.1) is 26.6 Å². The van der Waals surface area contributed by atoms with Gasteiger partial charge in [0, 0.05) is 17.8 Å². The minimum absolute atomic E-state index is 0.0340. The molecule has 1 amide bonds. The molecular formula is C23H14BrCl2N3O7S. The predicted molar refractivity (Wildman–Crippen MR) is 140 cm³/mol. The Hall–Kier alpha value is -3.63. The van der Waals surface area contributed by atoms with Crippen molar-refractivity contribution < 1.29 is 27.1 Å². The molecular weight excluding hydrogens is 613 g/mol. The number of nitriles is 1. The maximum atomic E-state index is 12.7. The van der Waals surface area contributed by atoms with E-state index < -0.39 is 20.9 Å². The molecule has 0 bridgehead atoms. The number of non-ortho nitro benzene ring substituents is 1. The minimum atomic E-state index is -4.39. The van der Waals surface area contributed by atoms with E-state index >= 15 is 0 Å². The lowest BCUT2D eigenvalue weighted by atomic mass is 10.1. The fraction of sp³-hybridized carbons (Fsp3) is 0.0435. The quantitative estimate of drug-likeness (QED) is 0.105. The third-order valence-electron chi connectivity index (χ3n) is 4.63. The number of hydrogen-bond acceptors (Lipinski definition) is 8. The second-order valence-corrected chi connectivity index (χ2v) is 10.3. The molecule has 0 saturated carbocycles. The Morgan fingerprint density at radius 2 is 1.81 bits per heavy atom. The molecule has 0 aromatic heterocycles. The normalized spacial score (nSPS) is 11.4. The van der Waals surface area contributed by atoms with E-state index in [2.05, 4.69) is 21.2 Å². The van der Waals surface area contributed by atoms with Gasteiger partial charge in [0.25, 0.3) is 11.6 Å². The summed E-state index contributed by atoms with van der Waals surface area (Å²) in [5.74, 6) is -0.970. The zero-order valence-corrected chi connectivity index (χ0v) is 22.5. The maximum Gasteiger partial charge on any atom is 0.339 e. The molecule has 0 unspecified atom stereocenters. The summed E-state index contributed by atoms with van der Waals surface area (Å²) >= 11 is 15.0. The van der Waals surface area contributed by atoms with Gasteiger partial charge in [-0.1, -0.05) is 23.2 Å². The van der Waals surface area contributed by atoms with E-state index in [1.165, 1.54) is 43.5 Å². The number of ether oxygens (including phenoxy) is 1. The molecule has 0 radical (unpaired) electrons. The Morgan fingerprint density at radius 1 is 1.14 bits per heavy atom. The van der Waals surface area contributed by atoms with Crippen LogP contribution in [0.15, 0.2) is 69.5 Å². The molecule has 0 aliphatic rings. The van der Waals surface area contributed by atoms with Crippen LogP contribution in [0.5, 0.6) is 11.5 Å². The molecule has 0 aliphatic heterocycles. The Kier molecular flexibility index (Phi) is 8.77. The highest BCUT2D eigenvalue weighted by Gasteiger charge is 2.23. The van der Waals surface area contributed by atoms with Crippen molar-refractivity contribution >= 4 is 72.6 Å². The summed E-state index contributed by atoms with van der Waals surface area (Å²) in [6.07, 6.45) is 1.26. The van der Waals surface area contributed by atoms with Crippen molar-refractivity contribution in [2.45, 2.75) is 4.90 Å². The number of nitrogens with one attached hydrogen (secondary N) is 1. The molecule has 10 nitrogen and oxygen atoms in total. The molecule has 14 heteroatoms. The number of nitrogens with zero attached hydrogens (tertiary/aromatic N) is 2. The fourth-order valence-corrected chi connectivity index (χ4v) is 4.79. The summed E-state index contributed by atoms with van der Waals surface area (Å²) in [6, 6.07) is 13.1. The first kappa shape index (κ1) is 27.9. The Labute approximate surface area is 229 Å². The van der Waals surface area contributed by atoms with E-state index in [0.29, 0.717) is 16.3 Å².